The van der Waals surface area contributed by atoms with E-state index < -0.39 is 8.25 Å². The predicted molar refractivity (Wildman–Crippen MR) is 195 cm³/mol. The zero-order valence-electron chi connectivity index (χ0n) is 27.4. The third-order valence-electron chi connectivity index (χ3n) is 8.13. The molecule has 246 valence electrons. The number of benzene rings is 1. The minimum atomic E-state index is -3.07. The Morgan fingerprint density at radius 2 is 1.29 bits per heavy atom. The predicted octanol–water partition coefficient (Wildman–Crippen LogP) is 12.6. The molecule has 3 aromatic heterocycles. The summed E-state index contributed by atoms with van der Waals surface area (Å²) >= 11 is 5.02. The van der Waals surface area contributed by atoms with E-state index in [-0.39, 0.29) is 5.41 Å². The van der Waals surface area contributed by atoms with Gasteiger partial charge >= 0.3 is 8.25 Å². The average molecular weight is 689 g/mol. The van der Waals surface area contributed by atoms with Gasteiger partial charge in [0.15, 0.2) is 5.06 Å². The van der Waals surface area contributed by atoms with E-state index in [0.29, 0.717) is 11.7 Å². The molecule has 4 aromatic rings. The number of ether oxygens (including phenoxy) is 2. The van der Waals surface area contributed by atoms with Gasteiger partial charge in [0.25, 0.3) is 0 Å². The molecule has 45 heavy (non-hydrogen) atoms. The van der Waals surface area contributed by atoms with Gasteiger partial charge in [-0.2, -0.15) is 0 Å². The first kappa shape index (κ1) is 35.8. The zero-order valence-corrected chi connectivity index (χ0v) is 30.9. The van der Waals surface area contributed by atoms with Crippen LogP contribution in [0.1, 0.15) is 103 Å². The van der Waals surface area contributed by atoms with Crippen LogP contribution in [0.2, 0.25) is 0 Å². The van der Waals surface area contributed by atoms with Crippen molar-refractivity contribution in [3.63, 3.8) is 0 Å². The van der Waals surface area contributed by atoms with Gasteiger partial charge in [-0.25, -0.2) is 4.57 Å². The van der Waals surface area contributed by atoms with E-state index in [1.165, 1.54) is 83.8 Å². The van der Waals surface area contributed by atoms with Crippen LogP contribution in [0.15, 0.2) is 48.5 Å². The smallest absolute Gasteiger partial charge is 0.365 e. The lowest BCUT2D eigenvalue weighted by Crippen LogP contribution is -2.14. The molecular weight excluding hydrogens is 640 g/mol. The lowest BCUT2D eigenvalue weighted by atomic mass is 9.85. The van der Waals surface area contributed by atoms with Crippen LogP contribution in [0.4, 0.5) is 0 Å². The van der Waals surface area contributed by atoms with Crippen molar-refractivity contribution in [1.82, 2.24) is 0 Å². The van der Waals surface area contributed by atoms with Gasteiger partial charge in [0.2, 0.25) is 0 Å². The van der Waals surface area contributed by atoms with Crippen molar-refractivity contribution in [2.75, 3.05) is 13.7 Å². The number of methoxy groups -OCH3 is 1. The Labute approximate surface area is 282 Å². The van der Waals surface area contributed by atoms with Gasteiger partial charge in [-0.3, -0.25) is 0 Å². The minimum Gasteiger partial charge on any atom is -0.496 e. The summed E-state index contributed by atoms with van der Waals surface area (Å²) in [4.78, 5) is 15.3. The quantitative estimate of drug-likeness (QED) is 0.0739. The molecule has 0 radical (unpaired) electrons. The van der Waals surface area contributed by atoms with Crippen LogP contribution in [-0.4, -0.2) is 18.6 Å². The number of hydrogen-bond acceptors (Lipinski definition) is 7. The molecule has 0 amide bonds. The second kappa shape index (κ2) is 17.7. The Bertz CT molecular complexity index is 1500. The molecular formula is C36H49O5PS3. The molecule has 0 saturated carbocycles. The summed E-state index contributed by atoms with van der Waals surface area (Å²) in [6.45, 7) is 9.87. The SMILES string of the molecule is CCCCCCCCC(C)(C)c1ccc(-c2ccc(-c3cc(OCCCCCC)c(-c4ccc(O[PH](=O)O)s4)cc3OC)s2)s1. The monoisotopic (exact) mass is 688 g/mol. The highest BCUT2D eigenvalue weighted by molar-refractivity contribution is 7.33. The fraction of sp³-hybridized carbons (Fsp3) is 0.500. The molecule has 0 fully saturated rings. The van der Waals surface area contributed by atoms with E-state index in [4.69, 9.17) is 14.0 Å². The van der Waals surface area contributed by atoms with Crippen LogP contribution in [-0.2, 0) is 9.98 Å². The van der Waals surface area contributed by atoms with Gasteiger partial charge in [0.1, 0.15) is 11.5 Å². The van der Waals surface area contributed by atoms with Gasteiger partial charge in [-0.05, 0) is 66.8 Å². The molecule has 1 aromatic carbocycles. The molecule has 0 bridgehead atoms. The molecule has 1 N–H and O–H groups in total. The Kier molecular flexibility index (Phi) is 14.1. The molecule has 0 spiro atoms. The summed E-state index contributed by atoms with van der Waals surface area (Å²) < 4.78 is 28.7. The van der Waals surface area contributed by atoms with Crippen molar-refractivity contribution in [3.05, 3.63) is 53.4 Å². The first-order valence-corrected chi connectivity index (χ1v) is 20.0. The lowest BCUT2D eigenvalue weighted by Gasteiger charge is -2.23. The van der Waals surface area contributed by atoms with Crippen LogP contribution in [0.5, 0.6) is 16.6 Å². The van der Waals surface area contributed by atoms with Crippen molar-refractivity contribution in [2.24, 2.45) is 0 Å². The fourth-order valence-corrected chi connectivity index (χ4v) is 9.10. The maximum atomic E-state index is 11.3. The van der Waals surface area contributed by atoms with Crippen LogP contribution in [0.3, 0.4) is 0 Å². The Hall–Kier alpha value is -2.09. The highest BCUT2D eigenvalue weighted by Crippen LogP contribution is 2.48. The fourth-order valence-electron chi connectivity index (χ4n) is 5.47. The summed E-state index contributed by atoms with van der Waals surface area (Å²) in [6, 6.07) is 16.7. The molecule has 4 rings (SSSR count). The normalized spacial score (nSPS) is 12.4. The number of rotatable bonds is 20. The van der Waals surface area contributed by atoms with E-state index in [1.807, 2.05) is 23.5 Å². The zero-order chi connectivity index (χ0) is 32.2. The van der Waals surface area contributed by atoms with Crippen molar-refractivity contribution in [2.45, 2.75) is 104 Å². The number of unbranched alkanes of at least 4 members (excludes halogenated alkanes) is 8. The number of hydrogen-bond donors (Lipinski definition) is 1. The van der Waals surface area contributed by atoms with Crippen molar-refractivity contribution >= 4 is 42.3 Å². The standard InChI is InChI=1S/C36H49O5PS3/c1-6-8-10-12-13-14-22-36(3,4)34-20-18-33(44-34)32-17-16-30(43-32)26-25-29(40-23-15-11-9-7-2)27(24-28(26)39-5)31-19-21-35(45-31)41-42(37)38/h16-21,24-25,42H,6-15,22-23H2,1-5H3,(H,37,38). The van der Waals surface area contributed by atoms with Gasteiger partial charge in [-0.15, -0.1) is 22.7 Å². The third-order valence-corrected chi connectivity index (χ3v) is 12.4. The van der Waals surface area contributed by atoms with Gasteiger partial charge < -0.3 is 18.9 Å². The molecule has 1 unspecified atom stereocenters. The molecule has 1 atom stereocenters. The van der Waals surface area contributed by atoms with Crippen LogP contribution in [0.25, 0.3) is 30.6 Å². The maximum Gasteiger partial charge on any atom is 0.365 e. The molecule has 9 heteroatoms. The van der Waals surface area contributed by atoms with E-state index in [0.717, 1.165) is 45.2 Å². The van der Waals surface area contributed by atoms with Gasteiger partial charge in [0.05, 0.1) is 13.7 Å². The van der Waals surface area contributed by atoms with Crippen molar-refractivity contribution in [1.29, 1.82) is 0 Å². The largest absolute Gasteiger partial charge is 0.496 e. The Morgan fingerprint density at radius 1 is 0.711 bits per heavy atom. The number of thiophene rings is 3. The van der Waals surface area contributed by atoms with E-state index >= 15 is 0 Å². The van der Waals surface area contributed by atoms with Crippen molar-refractivity contribution < 1.29 is 23.5 Å². The Morgan fingerprint density at radius 3 is 2.02 bits per heavy atom. The highest BCUT2D eigenvalue weighted by atomic mass is 32.1. The van der Waals surface area contributed by atoms with Gasteiger partial charge in [0, 0.05) is 35.5 Å². The molecule has 5 nitrogen and oxygen atoms in total. The van der Waals surface area contributed by atoms with Crippen LogP contribution in [0, 0.1) is 0 Å². The van der Waals surface area contributed by atoms with Crippen LogP contribution >= 0.6 is 42.3 Å². The summed E-state index contributed by atoms with van der Waals surface area (Å²) in [5.41, 5.74) is 2.06. The summed E-state index contributed by atoms with van der Waals surface area (Å²) in [5.74, 6) is 1.53. The molecule has 3 heterocycles. The van der Waals surface area contributed by atoms with E-state index in [1.54, 1.807) is 24.5 Å². The van der Waals surface area contributed by atoms with Gasteiger partial charge in [-0.1, -0.05) is 96.8 Å². The maximum absolute atomic E-state index is 11.3. The van der Waals surface area contributed by atoms with E-state index in [2.05, 4.69) is 58.0 Å². The van der Waals surface area contributed by atoms with Crippen LogP contribution < -0.4 is 14.0 Å². The summed E-state index contributed by atoms with van der Waals surface area (Å²) in [7, 11) is -1.38. The van der Waals surface area contributed by atoms with E-state index in [9.17, 15) is 9.46 Å². The molecule has 0 aliphatic heterocycles. The third kappa shape index (κ3) is 10.2. The minimum absolute atomic E-state index is 0.177. The first-order chi connectivity index (χ1) is 21.7. The lowest BCUT2D eigenvalue weighted by molar-refractivity contribution is 0.306. The topological polar surface area (TPSA) is 65.0 Å². The molecule has 0 aliphatic rings. The summed E-state index contributed by atoms with van der Waals surface area (Å²) in [6.07, 6.45) is 13.7. The second-order valence-corrected chi connectivity index (χ2v) is 16.1. The second-order valence-electron chi connectivity index (χ2n) is 12.2. The Balaban J connectivity index is 1.57. The molecule has 0 saturated heterocycles. The molecule has 0 aliphatic carbocycles. The first-order valence-electron chi connectivity index (χ1n) is 16.3. The average Bonchev–Trinajstić information content (AvgIpc) is 3.80. The summed E-state index contributed by atoms with van der Waals surface area (Å²) in [5, 5.41) is 0.404. The van der Waals surface area contributed by atoms with Crippen molar-refractivity contribution in [3.8, 4) is 47.2 Å². The highest BCUT2D eigenvalue weighted by Gasteiger charge is 2.23.